The first-order valence-corrected chi connectivity index (χ1v) is 12.0. The summed E-state index contributed by atoms with van der Waals surface area (Å²) in [6.07, 6.45) is 0. The zero-order chi connectivity index (χ0) is 24.8. The van der Waals surface area contributed by atoms with E-state index in [1.54, 1.807) is 0 Å². The number of aliphatic hydroxyl groups is 2. The Labute approximate surface area is 205 Å². The maximum Gasteiger partial charge on any atom is 0.246 e. The summed E-state index contributed by atoms with van der Waals surface area (Å²) >= 11 is 1.36. The Hall–Kier alpha value is -2.39. The summed E-state index contributed by atoms with van der Waals surface area (Å²) in [7, 11) is 0. The van der Waals surface area contributed by atoms with Crippen molar-refractivity contribution in [2.24, 2.45) is 10.2 Å². The zero-order valence-corrected chi connectivity index (χ0v) is 20.9. The molecule has 0 atom stereocenters. The monoisotopic (exact) mass is 490 g/mol. The number of hydrogen-bond donors (Lipinski definition) is 2. The lowest BCUT2D eigenvalue weighted by Crippen LogP contribution is -2.31. The molecule has 9 nitrogen and oxygen atoms in total. The fourth-order valence-corrected chi connectivity index (χ4v) is 4.01. The normalized spacial score (nSPS) is 11.3. The van der Waals surface area contributed by atoms with E-state index in [0.29, 0.717) is 57.7 Å². The topological polar surface area (TPSA) is 100 Å². The Bertz CT molecular complexity index is 958. The second kappa shape index (κ2) is 15.5. The highest BCUT2D eigenvalue weighted by molar-refractivity contribution is 7.20. The molecule has 1 heterocycles. The minimum atomic E-state index is -0.00359. The van der Waals surface area contributed by atoms with Gasteiger partial charge < -0.3 is 29.3 Å². The molecule has 1 aromatic heterocycles. The number of rotatable bonds is 16. The molecule has 0 aliphatic heterocycles. The molecule has 2 rings (SSSR count). The summed E-state index contributed by atoms with van der Waals surface area (Å²) in [5, 5.41) is 27.9. The first kappa shape index (κ1) is 27.9. The van der Waals surface area contributed by atoms with Gasteiger partial charge in [-0.05, 0) is 55.7 Å². The van der Waals surface area contributed by atoms with Crippen molar-refractivity contribution >= 4 is 32.7 Å². The molecule has 0 unspecified atom stereocenters. The van der Waals surface area contributed by atoms with Gasteiger partial charge in [0, 0.05) is 18.8 Å². The first-order valence-electron chi connectivity index (χ1n) is 11.2. The number of nitrogens with zero attached hydrogens (tertiary/aromatic N) is 4. The van der Waals surface area contributed by atoms with Crippen molar-refractivity contribution < 1.29 is 24.4 Å². The number of anilines is 1. The van der Waals surface area contributed by atoms with Crippen LogP contribution in [-0.4, -0.2) is 76.2 Å². The highest BCUT2D eigenvalue weighted by Gasteiger charge is 2.12. The summed E-state index contributed by atoms with van der Waals surface area (Å²) in [6, 6.07) is 5.99. The maximum absolute atomic E-state index is 8.94. The van der Waals surface area contributed by atoms with Crippen molar-refractivity contribution in [3.63, 3.8) is 0 Å². The van der Waals surface area contributed by atoms with Crippen molar-refractivity contribution in [1.82, 2.24) is 0 Å². The average molecular weight is 491 g/mol. The van der Waals surface area contributed by atoms with Gasteiger partial charge in [0.2, 0.25) is 5.00 Å². The van der Waals surface area contributed by atoms with Gasteiger partial charge in [-0.25, -0.2) is 4.85 Å². The maximum atomic E-state index is 8.94. The van der Waals surface area contributed by atoms with E-state index in [9.17, 15) is 0 Å². The number of aryl methyl sites for hydroxylation is 1. The molecule has 10 heteroatoms. The smallest absolute Gasteiger partial charge is 0.246 e. The molecule has 0 amide bonds. The van der Waals surface area contributed by atoms with Crippen LogP contribution in [0.4, 0.5) is 21.4 Å². The molecular weight excluding hydrogens is 456 g/mol. The molecule has 0 aliphatic rings. The lowest BCUT2D eigenvalue weighted by atomic mass is 10.1. The average Bonchev–Trinajstić information content (AvgIpc) is 3.12. The zero-order valence-electron chi connectivity index (χ0n) is 20.1. The molecule has 2 N–H and O–H groups in total. The van der Waals surface area contributed by atoms with E-state index in [1.807, 2.05) is 32.9 Å². The van der Waals surface area contributed by atoms with Crippen molar-refractivity contribution in [2.45, 2.75) is 20.8 Å². The van der Waals surface area contributed by atoms with Crippen LogP contribution >= 0.6 is 11.3 Å². The number of hydrogen-bond acceptors (Lipinski definition) is 9. The summed E-state index contributed by atoms with van der Waals surface area (Å²) in [5.41, 5.74) is 4.72. The predicted molar refractivity (Wildman–Crippen MR) is 134 cm³/mol. The number of azo groups is 1. The molecule has 0 saturated carbocycles. The minimum Gasteiger partial charge on any atom is -0.394 e. The van der Waals surface area contributed by atoms with Gasteiger partial charge in [0.1, 0.15) is 5.00 Å². The van der Waals surface area contributed by atoms with Crippen LogP contribution in [0.2, 0.25) is 0 Å². The van der Waals surface area contributed by atoms with E-state index in [1.165, 1.54) is 11.3 Å². The third-order valence-electron chi connectivity index (χ3n) is 5.15. The molecule has 0 spiro atoms. The largest absolute Gasteiger partial charge is 0.394 e. The molecule has 0 bridgehead atoms. The van der Waals surface area contributed by atoms with E-state index in [0.717, 1.165) is 33.1 Å². The van der Waals surface area contributed by atoms with Crippen LogP contribution in [0.1, 0.15) is 16.7 Å². The lowest BCUT2D eigenvalue weighted by Gasteiger charge is -2.25. The van der Waals surface area contributed by atoms with Gasteiger partial charge in [0.15, 0.2) is 0 Å². The van der Waals surface area contributed by atoms with Gasteiger partial charge >= 0.3 is 0 Å². The summed E-state index contributed by atoms with van der Waals surface area (Å²) in [5.74, 6) is 0. The lowest BCUT2D eigenvalue weighted by molar-refractivity contribution is 0.0347. The quantitative estimate of drug-likeness (QED) is 0.204. The predicted octanol–water partition coefficient (Wildman–Crippen LogP) is 4.48. The second-order valence-corrected chi connectivity index (χ2v) is 8.49. The van der Waals surface area contributed by atoms with Crippen molar-refractivity contribution in [3.05, 3.63) is 46.3 Å². The second-order valence-electron chi connectivity index (χ2n) is 7.52. The Morgan fingerprint density at radius 3 is 2.06 bits per heavy atom. The first-order chi connectivity index (χ1) is 16.5. The number of aliphatic hydroxyl groups excluding tert-OH is 2. The van der Waals surface area contributed by atoms with Crippen LogP contribution in [0.15, 0.2) is 28.4 Å². The Kier molecular flexibility index (Phi) is 12.7. The molecule has 34 heavy (non-hydrogen) atoms. The Morgan fingerprint density at radius 1 is 0.882 bits per heavy atom. The minimum absolute atomic E-state index is 0.00359. The molecule has 1 aromatic carbocycles. The van der Waals surface area contributed by atoms with E-state index in [-0.39, 0.29) is 13.2 Å². The fourth-order valence-electron chi connectivity index (χ4n) is 3.09. The van der Waals surface area contributed by atoms with Gasteiger partial charge in [0.05, 0.1) is 65.1 Å². The van der Waals surface area contributed by atoms with Crippen LogP contribution in [0.25, 0.3) is 4.85 Å². The molecule has 2 aromatic rings. The fraction of sp³-hybridized carbons (Fsp3) is 0.542. The summed E-state index contributed by atoms with van der Waals surface area (Å²) in [4.78, 5) is 5.71. The molecule has 0 aliphatic carbocycles. The van der Waals surface area contributed by atoms with Gasteiger partial charge in [-0.1, -0.05) is 0 Å². The van der Waals surface area contributed by atoms with Crippen LogP contribution < -0.4 is 4.90 Å². The van der Waals surface area contributed by atoms with E-state index in [2.05, 4.69) is 26.0 Å². The summed E-state index contributed by atoms with van der Waals surface area (Å²) < 4.78 is 16.3. The highest BCUT2D eigenvalue weighted by Crippen LogP contribution is 2.41. The van der Waals surface area contributed by atoms with E-state index < -0.39 is 0 Å². The highest BCUT2D eigenvalue weighted by atomic mass is 32.1. The Balaban J connectivity index is 2.04. The van der Waals surface area contributed by atoms with Gasteiger partial charge in [-0.2, -0.15) is 0 Å². The molecule has 0 fully saturated rings. The molecular formula is C24H34N4O5S. The van der Waals surface area contributed by atoms with Crippen molar-refractivity contribution in [2.75, 3.05) is 70.8 Å². The third-order valence-corrected chi connectivity index (χ3v) is 6.32. The summed E-state index contributed by atoms with van der Waals surface area (Å²) in [6.45, 7) is 17.0. The molecule has 0 radical (unpaired) electrons. The van der Waals surface area contributed by atoms with Crippen molar-refractivity contribution in [1.29, 1.82) is 0 Å². The van der Waals surface area contributed by atoms with Gasteiger partial charge in [-0.15, -0.1) is 21.6 Å². The van der Waals surface area contributed by atoms with E-state index >= 15 is 0 Å². The number of ether oxygens (including phenoxy) is 3. The standard InChI is InChI=1S/C24H34N4O5S/c1-18-17-21(5-6-22(18)26-27-24-20(3)19(2)23(25-4)34-24)28(7-11-31-13-9-29)8-12-32-15-16-33-14-10-30/h5-6,17,29-30H,7-16H2,1-3H3. The van der Waals surface area contributed by atoms with Gasteiger partial charge in [0.25, 0.3) is 0 Å². The molecule has 186 valence electrons. The van der Waals surface area contributed by atoms with Crippen LogP contribution in [0, 0.1) is 27.3 Å². The van der Waals surface area contributed by atoms with Crippen LogP contribution in [0.5, 0.6) is 0 Å². The van der Waals surface area contributed by atoms with E-state index in [4.69, 9.17) is 31.0 Å². The van der Waals surface area contributed by atoms with Crippen LogP contribution in [-0.2, 0) is 14.2 Å². The SMILES string of the molecule is [C-]#[N+]c1sc(N=Nc2ccc(N(CCOCCO)CCOCCOCCO)cc2C)c(C)c1C. The number of thiophene rings is 1. The third kappa shape index (κ3) is 8.76. The number of benzene rings is 1. The van der Waals surface area contributed by atoms with Crippen molar-refractivity contribution in [3.8, 4) is 0 Å². The van der Waals surface area contributed by atoms with Crippen LogP contribution in [0.3, 0.4) is 0 Å². The van der Waals surface area contributed by atoms with Gasteiger partial charge in [-0.3, -0.25) is 0 Å². The molecule has 0 saturated heterocycles. The Morgan fingerprint density at radius 2 is 1.50 bits per heavy atom.